The van der Waals surface area contributed by atoms with Gasteiger partial charge in [-0.15, -0.1) is 0 Å². The molecule has 5 heteroatoms. The van der Waals surface area contributed by atoms with E-state index in [0.717, 1.165) is 0 Å². The largest absolute Gasteiger partial charge is 0.370 e. The predicted molar refractivity (Wildman–Crippen MR) is 48.8 cm³/mol. The molecular formula is C7H16N4O. The molecule has 0 radical (unpaired) electrons. The van der Waals surface area contributed by atoms with E-state index in [1.807, 2.05) is 0 Å². The molecule has 0 spiro atoms. The summed E-state index contributed by atoms with van der Waals surface area (Å²) in [6.07, 6.45) is 0.663. The van der Waals surface area contributed by atoms with Crippen molar-refractivity contribution in [3.05, 3.63) is 0 Å². The highest BCUT2D eigenvalue weighted by molar-refractivity contribution is 5.75. The lowest BCUT2D eigenvalue weighted by Crippen LogP contribution is -2.27. The molecule has 0 unspecified atom stereocenters. The maximum Gasteiger partial charge on any atom is 0.185 e. The molecule has 0 saturated heterocycles. The van der Waals surface area contributed by atoms with Crippen LogP contribution in [0.25, 0.3) is 0 Å². The Bertz CT molecular complexity index is 191. The molecule has 0 aromatic heterocycles. The summed E-state index contributed by atoms with van der Waals surface area (Å²) >= 11 is 0. The zero-order chi connectivity index (χ0) is 10.3. The van der Waals surface area contributed by atoms with Gasteiger partial charge in [0.05, 0.1) is 6.04 Å². The lowest BCUT2D eigenvalue weighted by atomic mass is 10.2. The molecule has 0 aromatic rings. The molecule has 1 atom stereocenters. The number of nitrogens with two attached hydrogens (primary N) is 2. The van der Waals surface area contributed by atoms with Gasteiger partial charge >= 0.3 is 0 Å². The summed E-state index contributed by atoms with van der Waals surface area (Å²) in [4.78, 5) is 14.4. The van der Waals surface area contributed by atoms with Gasteiger partial charge in [-0.3, -0.25) is 4.99 Å². The standard InChI is InChI=1S/C7H16N4O/c1-10-6(5-12)3-2-4-11-7(8)9/h5-6,10H,2-4H2,1H3,(H4,8,9,11)/t6-/m0/s1/i5D. The van der Waals surface area contributed by atoms with Crippen molar-refractivity contribution in [1.82, 2.24) is 5.32 Å². The normalized spacial score (nSPS) is 13.2. The van der Waals surface area contributed by atoms with Crippen molar-refractivity contribution in [2.24, 2.45) is 16.5 Å². The first-order valence-corrected chi connectivity index (χ1v) is 3.81. The zero-order valence-corrected chi connectivity index (χ0v) is 7.21. The summed E-state index contributed by atoms with van der Waals surface area (Å²) in [5.74, 6) is 0.0539. The van der Waals surface area contributed by atoms with Crippen molar-refractivity contribution in [3.8, 4) is 0 Å². The molecular weight excluding hydrogens is 156 g/mol. The number of rotatable bonds is 6. The minimum absolute atomic E-state index is 0.0539. The Morgan fingerprint density at radius 2 is 2.50 bits per heavy atom. The van der Waals surface area contributed by atoms with Gasteiger partial charge in [0.25, 0.3) is 0 Å². The highest BCUT2D eigenvalue weighted by atomic mass is 16.1. The second-order valence-corrected chi connectivity index (χ2v) is 2.41. The summed E-state index contributed by atoms with van der Waals surface area (Å²) in [7, 11) is 1.65. The van der Waals surface area contributed by atoms with Gasteiger partial charge in [-0.2, -0.15) is 0 Å². The highest BCUT2D eigenvalue weighted by Gasteiger charge is 2.01. The Kier molecular flexibility index (Phi) is 4.95. The number of aldehydes is 1. The second kappa shape index (κ2) is 6.60. The molecule has 0 aliphatic rings. The van der Waals surface area contributed by atoms with Gasteiger partial charge in [-0.05, 0) is 19.9 Å². The van der Waals surface area contributed by atoms with Crippen LogP contribution in [-0.4, -0.2) is 31.9 Å². The molecule has 0 heterocycles. The SMILES string of the molecule is [2H]C(=O)[C@H](CCCN=C(N)N)NC. The van der Waals surface area contributed by atoms with Crippen LogP contribution >= 0.6 is 0 Å². The van der Waals surface area contributed by atoms with Gasteiger partial charge in [0, 0.05) is 6.54 Å². The van der Waals surface area contributed by atoms with E-state index in [2.05, 4.69) is 10.3 Å². The third kappa shape index (κ3) is 5.67. The van der Waals surface area contributed by atoms with Crippen molar-refractivity contribution in [2.45, 2.75) is 18.9 Å². The van der Waals surface area contributed by atoms with Crippen molar-refractivity contribution < 1.29 is 6.17 Å². The van der Waals surface area contributed by atoms with Crippen LogP contribution in [0.4, 0.5) is 0 Å². The zero-order valence-electron chi connectivity index (χ0n) is 8.21. The Labute approximate surface area is 73.6 Å². The maximum atomic E-state index is 10.6. The van der Waals surface area contributed by atoms with E-state index < -0.39 is 12.3 Å². The Morgan fingerprint density at radius 1 is 1.83 bits per heavy atom. The van der Waals surface area contributed by atoms with E-state index in [1.54, 1.807) is 7.05 Å². The van der Waals surface area contributed by atoms with E-state index in [0.29, 0.717) is 19.4 Å². The fraction of sp³-hybridized carbons (Fsp3) is 0.714. The lowest BCUT2D eigenvalue weighted by Gasteiger charge is -2.06. The lowest BCUT2D eigenvalue weighted by molar-refractivity contribution is -0.109. The van der Waals surface area contributed by atoms with Crippen LogP contribution in [0.5, 0.6) is 0 Å². The average Bonchev–Trinajstić information content (AvgIpc) is 2.03. The topological polar surface area (TPSA) is 93.5 Å². The van der Waals surface area contributed by atoms with Crippen LogP contribution in [0.2, 0.25) is 0 Å². The third-order valence-electron chi connectivity index (χ3n) is 1.44. The second-order valence-electron chi connectivity index (χ2n) is 2.41. The number of aliphatic imine (C=N–C) groups is 1. The van der Waals surface area contributed by atoms with E-state index in [-0.39, 0.29) is 5.96 Å². The summed E-state index contributed by atoms with van der Waals surface area (Å²) in [5, 5.41) is 2.74. The van der Waals surface area contributed by atoms with Crippen LogP contribution in [0.1, 0.15) is 14.2 Å². The maximum absolute atomic E-state index is 10.6. The Morgan fingerprint density at radius 3 is 2.92 bits per heavy atom. The summed E-state index contributed by atoms with van der Waals surface area (Å²) in [6.45, 7) is 0.494. The fourth-order valence-electron chi connectivity index (χ4n) is 0.766. The number of nitrogens with one attached hydrogen (secondary N) is 1. The monoisotopic (exact) mass is 173 g/mol. The summed E-state index contributed by atoms with van der Waals surface area (Å²) < 4.78 is 6.87. The summed E-state index contributed by atoms with van der Waals surface area (Å²) in [5.41, 5.74) is 10.2. The molecule has 12 heavy (non-hydrogen) atoms. The van der Waals surface area contributed by atoms with Gasteiger partial charge in [0.15, 0.2) is 5.96 Å². The number of carbonyl (C=O) groups is 1. The molecule has 0 aliphatic carbocycles. The first-order valence-electron chi connectivity index (χ1n) is 4.31. The number of nitrogens with zero attached hydrogens (tertiary/aromatic N) is 1. The number of carbonyl (C=O) groups excluding carboxylic acids is 1. The number of hydrogen-bond donors (Lipinski definition) is 3. The quantitative estimate of drug-likeness (QED) is 0.204. The minimum Gasteiger partial charge on any atom is -0.370 e. The fourth-order valence-corrected chi connectivity index (χ4v) is 0.766. The van der Waals surface area contributed by atoms with Crippen molar-refractivity contribution in [1.29, 1.82) is 0 Å². The first kappa shape index (κ1) is 8.99. The number of likely N-dealkylation sites (N-methyl/N-ethyl adjacent to an activating group) is 1. The highest BCUT2D eigenvalue weighted by Crippen LogP contribution is 1.93. The smallest absolute Gasteiger partial charge is 0.185 e. The Hall–Kier alpha value is -1.10. The van der Waals surface area contributed by atoms with Crippen molar-refractivity contribution in [2.75, 3.05) is 13.6 Å². The van der Waals surface area contributed by atoms with Gasteiger partial charge in [-0.25, -0.2) is 0 Å². The van der Waals surface area contributed by atoms with Crippen LogP contribution in [0.15, 0.2) is 4.99 Å². The van der Waals surface area contributed by atoms with Gasteiger partial charge < -0.3 is 21.6 Å². The van der Waals surface area contributed by atoms with Gasteiger partial charge in [-0.1, -0.05) is 0 Å². The van der Waals surface area contributed by atoms with Crippen molar-refractivity contribution in [3.63, 3.8) is 0 Å². The molecule has 5 nitrogen and oxygen atoms in total. The first-order chi connectivity index (χ1) is 6.07. The molecule has 0 aromatic carbocycles. The molecule has 5 N–H and O–H groups in total. The molecule has 0 fully saturated rings. The predicted octanol–water partition coefficient (Wildman–Crippen LogP) is -1.17. The molecule has 0 saturated carbocycles. The van der Waals surface area contributed by atoms with E-state index in [4.69, 9.17) is 12.8 Å². The third-order valence-corrected chi connectivity index (χ3v) is 1.44. The van der Waals surface area contributed by atoms with E-state index in [9.17, 15) is 4.79 Å². The van der Waals surface area contributed by atoms with E-state index in [1.165, 1.54) is 0 Å². The minimum atomic E-state index is -0.604. The van der Waals surface area contributed by atoms with Crippen LogP contribution < -0.4 is 16.8 Å². The number of guanidine groups is 1. The molecule has 0 bridgehead atoms. The Balaban J connectivity index is 3.62. The number of hydrogen-bond acceptors (Lipinski definition) is 3. The molecule has 0 rings (SSSR count). The van der Waals surface area contributed by atoms with Crippen LogP contribution in [0, 0.1) is 0 Å². The van der Waals surface area contributed by atoms with Crippen molar-refractivity contribution >= 4 is 12.2 Å². The average molecular weight is 173 g/mol. The van der Waals surface area contributed by atoms with Gasteiger partial charge in [0.1, 0.15) is 7.63 Å². The molecule has 0 amide bonds. The van der Waals surface area contributed by atoms with Crippen LogP contribution in [0.3, 0.4) is 0 Å². The molecule has 70 valence electrons. The van der Waals surface area contributed by atoms with Crippen LogP contribution in [-0.2, 0) is 4.79 Å². The van der Waals surface area contributed by atoms with Gasteiger partial charge in [0.2, 0.25) is 0 Å². The summed E-state index contributed by atoms with van der Waals surface area (Å²) in [6, 6.07) is -0.408. The van der Waals surface area contributed by atoms with E-state index >= 15 is 0 Å². The molecule has 0 aliphatic heterocycles.